The highest BCUT2D eigenvalue weighted by atomic mass is 32.2. The van der Waals surface area contributed by atoms with Gasteiger partial charge in [0.15, 0.2) is 10.9 Å². The summed E-state index contributed by atoms with van der Waals surface area (Å²) in [4.78, 5) is 48.6. The van der Waals surface area contributed by atoms with E-state index in [0.717, 1.165) is 17.3 Å². The van der Waals surface area contributed by atoms with Gasteiger partial charge >= 0.3 is 5.97 Å². The van der Waals surface area contributed by atoms with E-state index in [2.05, 4.69) is 5.32 Å². The number of rotatable bonds is 10. The molecule has 31 heavy (non-hydrogen) atoms. The number of ether oxygens (including phenoxy) is 1. The van der Waals surface area contributed by atoms with Gasteiger partial charge in [0.25, 0.3) is 0 Å². The van der Waals surface area contributed by atoms with E-state index in [-0.39, 0.29) is 35.6 Å². The Morgan fingerprint density at radius 3 is 2.32 bits per heavy atom. The Bertz CT molecular complexity index is 929. The van der Waals surface area contributed by atoms with Crippen molar-refractivity contribution >= 4 is 34.5 Å². The summed E-state index contributed by atoms with van der Waals surface area (Å²) < 4.78 is 4.93. The van der Waals surface area contributed by atoms with Crippen LogP contribution in [-0.4, -0.2) is 41.2 Å². The van der Waals surface area contributed by atoms with Crippen LogP contribution < -0.4 is 5.32 Å². The van der Waals surface area contributed by atoms with E-state index in [1.165, 1.54) is 6.92 Å². The number of benzene rings is 2. The Kier molecular flexibility index (Phi) is 9.46. The van der Waals surface area contributed by atoms with Crippen LogP contribution in [0.5, 0.6) is 0 Å². The summed E-state index contributed by atoms with van der Waals surface area (Å²) in [5.74, 6) is -0.995. The van der Waals surface area contributed by atoms with Gasteiger partial charge in [0, 0.05) is 29.8 Å². The molecule has 2 atom stereocenters. The number of carbonyl (C=O) groups excluding carboxylic acids is 4. The molecule has 164 valence electrons. The third-order valence-corrected chi connectivity index (χ3v) is 5.80. The molecule has 1 N–H and O–H groups in total. The summed E-state index contributed by atoms with van der Waals surface area (Å²) in [6, 6.07) is 15.5. The molecule has 0 aromatic heterocycles. The monoisotopic (exact) mass is 441 g/mol. The number of hydrogen-bond acceptors (Lipinski definition) is 6. The SMILES string of the molecule is CCOC(=O)CC(CSC(=O)C(C)c1cccc(C(=O)c2ccccc2)c1)NC(C)=O. The summed E-state index contributed by atoms with van der Waals surface area (Å²) in [5.41, 5.74) is 1.85. The van der Waals surface area contributed by atoms with Crippen LogP contribution in [0, 0.1) is 0 Å². The zero-order valence-corrected chi connectivity index (χ0v) is 18.7. The van der Waals surface area contributed by atoms with Crippen LogP contribution in [0.2, 0.25) is 0 Å². The lowest BCUT2D eigenvalue weighted by atomic mass is 9.96. The smallest absolute Gasteiger partial charge is 0.307 e. The van der Waals surface area contributed by atoms with Crippen LogP contribution in [0.25, 0.3) is 0 Å². The molecule has 2 rings (SSSR count). The Morgan fingerprint density at radius 2 is 1.68 bits per heavy atom. The summed E-state index contributed by atoms with van der Waals surface area (Å²) in [5, 5.41) is 2.58. The van der Waals surface area contributed by atoms with Crippen LogP contribution in [0.15, 0.2) is 54.6 Å². The first kappa shape index (κ1) is 24.3. The number of hydrogen-bond donors (Lipinski definition) is 1. The molecule has 0 aliphatic rings. The summed E-state index contributed by atoms with van der Waals surface area (Å²) >= 11 is 1.05. The number of thioether (sulfide) groups is 1. The molecule has 0 spiro atoms. The minimum atomic E-state index is -0.497. The number of ketones is 1. The molecule has 0 aliphatic carbocycles. The fraction of sp³-hybridized carbons (Fsp3) is 0.333. The average Bonchev–Trinajstić information content (AvgIpc) is 2.76. The van der Waals surface area contributed by atoms with Crippen molar-refractivity contribution in [3.63, 3.8) is 0 Å². The topological polar surface area (TPSA) is 89.5 Å². The van der Waals surface area contributed by atoms with Crippen molar-refractivity contribution in [3.05, 3.63) is 71.3 Å². The highest BCUT2D eigenvalue weighted by Gasteiger charge is 2.22. The first-order chi connectivity index (χ1) is 14.8. The van der Waals surface area contributed by atoms with Gasteiger partial charge in [0.1, 0.15) is 0 Å². The first-order valence-electron chi connectivity index (χ1n) is 10.1. The molecule has 0 heterocycles. The van der Waals surface area contributed by atoms with Gasteiger partial charge in [0.2, 0.25) is 5.91 Å². The van der Waals surface area contributed by atoms with Crippen LogP contribution >= 0.6 is 11.8 Å². The van der Waals surface area contributed by atoms with Gasteiger partial charge in [-0.05, 0) is 18.6 Å². The van der Waals surface area contributed by atoms with Crippen molar-refractivity contribution in [2.24, 2.45) is 0 Å². The molecular formula is C24H27NO5S. The lowest BCUT2D eigenvalue weighted by Gasteiger charge is -2.18. The Labute approximate surface area is 186 Å². The minimum Gasteiger partial charge on any atom is -0.466 e. The molecule has 7 heteroatoms. The van der Waals surface area contributed by atoms with Gasteiger partial charge < -0.3 is 10.1 Å². The van der Waals surface area contributed by atoms with Crippen molar-refractivity contribution in [1.29, 1.82) is 0 Å². The largest absolute Gasteiger partial charge is 0.466 e. The first-order valence-corrected chi connectivity index (χ1v) is 11.1. The average molecular weight is 442 g/mol. The summed E-state index contributed by atoms with van der Waals surface area (Å²) in [7, 11) is 0. The number of amides is 1. The van der Waals surface area contributed by atoms with Gasteiger partial charge in [-0.2, -0.15) is 0 Å². The van der Waals surface area contributed by atoms with Gasteiger partial charge in [-0.25, -0.2) is 0 Å². The van der Waals surface area contributed by atoms with E-state index in [4.69, 9.17) is 4.74 Å². The van der Waals surface area contributed by atoms with Crippen LogP contribution in [0.4, 0.5) is 0 Å². The maximum Gasteiger partial charge on any atom is 0.307 e. The van der Waals surface area contributed by atoms with Crippen LogP contribution in [0.3, 0.4) is 0 Å². The molecule has 0 saturated carbocycles. The highest BCUT2D eigenvalue weighted by Crippen LogP contribution is 2.25. The highest BCUT2D eigenvalue weighted by molar-refractivity contribution is 8.13. The molecule has 2 aromatic carbocycles. The van der Waals surface area contributed by atoms with Crippen LogP contribution in [-0.2, 0) is 19.1 Å². The van der Waals surface area contributed by atoms with E-state index >= 15 is 0 Å². The molecule has 2 aromatic rings. The molecule has 6 nitrogen and oxygen atoms in total. The van der Waals surface area contributed by atoms with Crippen molar-refractivity contribution < 1.29 is 23.9 Å². The van der Waals surface area contributed by atoms with Gasteiger partial charge in [-0.1, -0.05) is 67.2 Å². The maximum atomic E-state index is 12.7. The van der Waals surface area contributed by atoms with E-state index in [1.54, 1.807) is 44.2 Å². The Morgan fingerprint density at radius 1 is 1.00 bits per heavy atom. The molecule has 0 bridgehead atoms. The third kappa shape index (κ3) is 7.68. The normalized spacial score (nSPS) is 12.5. The van der Waals surface area contributed by atoms with Crippen molar-refractivity contribution in [1.82, 2.24) is 5.32 Å². The number of nitrogens with one attached hydrogen (secondary N) is 1. The van der Waals surface area contributed by atoms with E-state index in [0.29, 0.717) is 11.1 Å². The predicted molar refractivity (Wildman–Crippen MR) is 121 cm³/mol. The molecule has 2 unspecified atom stereocenters. The Balaban J connectivity index is 2.04. The third-order valence-electron chi connectivity index (χ3n) is 4.59. The van der Waals surface area contributed by atoms with E-state index < -0.39 is 17.9 Å². The lowest BCUT2D eigenvalue weighted by molar-refractivity contribution is -0.143. The second-order valence-corrected chi connectivity index (χ2v) is 8.10. The number of carbonyl (C=O) groups is 4. The molecule has 0 radical (unpaired) electrons. The van der Waals surface area contributed by atoms with Crippen molar-refractivity contribution in [3.8, 4) is 0 Å². The fourth-order valence-corrected chi connectivity index (χ4v) is 3.96. The quantitative estimate of drug-likeness (QED) is 0.446. The molecule has 1 amide bonds. The molecule has 0 aliphatic heterocycles. The van der Waals surface area contributed by atoms with Crippen molar-refractivity contribution in [2.75, 3.05) is 12.4 Å². The van der Waals surface area contributed by atoms with Gasteiger partial charge in [-0.3, -0.25) is 19.2 Å². The number of esters is 1. The van der Waals surface area contributed by atoms with E-state index in [1.807, 2.05) is 24.3 Å². The summed E-state index contributed by atoms with van der Waals surface area (Å²) in [6.45, 7) is 5.11. The standard InChI is InChI=1S/C24H27NO5S/c1-4-30-22(27)14-21(25-17(3)26)15-31-24(29)16(2)19-11-8-12-20(13-19)23(28)18-9-6-5-7-10-18/h5-13,16,21H,4,14-15H2,1-3H3,(H,25,26). The van der Waals surface area contributed by atoms with Crippen molar-refractivity contribution in [2.45, 2.75) is 39.2 Å². The van der Waals surface area contributed by atoms with Gasteiger partial charge in [-0.15, -0.1) is 0 Å². The lowest BCUT2D eigenvalue weighted by Crippen LogP contribution is -2.37. The zero-order valence-electron chi connectivity index (χ0n) is 17.9. The maximum absolute atomic E-state index is 12.7. The molecule has 0 fully saturated rings. The molecular weight excluding hydrogens is 414 g/mol. The predicted octanol–water partition coefficient (Wildman–Crippen LogP) is 3.74. The zero-order chi connectivity index (χ0) is 22.8. The fourth-order valence-electron chi connectivity index (χ4n) is 3.01. The van der Waals surface area contributed by atoms with Gasteiger partial charge in [0.05, 0.1) is 18.9 Å². The second-order valence-electron chi connectivity index (χ2n) is 7.08. The van der Waals surface area contributed by atoms with E-state index in [9.17, 15) is 19.2 Å². The molecule has 0 saturated heterocycles. The van der Waals surface area contributed by atoms with Crippen LogP contribution in [0.1, 0.15) is 54.6 Å². The second kappa shape index (κ2) is 12.1. The Hall–Kier alpha value is -2.93. The minimum absolute atomic E-state index is 0.00312. The summed E-state index contributed by atoms with van der Waals surface area (Å²) in [6.07, 6.45) is 0.00312.